The van der Waals surface area contributed by atoms with E-state index in [0.29, 0.717) is 0 Å². The molecule has 2 saturated heterocycles. The normalized spacial score (nSPS) is 17.7. The number of nitrogens with one attached hydrogen (secondary N) is 1. The molecule has 5 nitrogen and oxygen atoms in total. The van der Waals surface area contributed by atoms with E-state index in [1.165, 1.54) is 43.7 Å². The van der Waals surface area contributed by atoms with Gasteiger partial charge in [-0.05, 0) is 55.7 Å². The lowest BCUT2D eigenvalue weighted by Crippen LogP contribution is -2.50. The molecule has 2 aromatic rings. The van der Waals surface area contributed by atoms with Gasteiger partial charge in [0.15, 0.2) is 0 Å². The lowest BCUT2D eigenvalue weighted by Gasteiger charge is -2.36. The highest BCUT2D eigenvalue weighted by atomic mass is 16.2. The van der Waals surface area contributed by atoms with Gasteiger partial charge in [-0.2, -0.15) is 0 Å². The van der Waals surface area contributed by atoms with Gasteiger partial charge < -0.3 is 20.0 Å². The van der Waals surface area contributed by atoms with Crippen molar-refractivity contribution in [1.82, 2.24) is 4.90 Å². The molecule has 27 heavy (non-hydrogen) atoms. The summed E-state index contributed by atoms with van der Waals surface area (Å²) in [6, 6.07) is 18.6. The van der Waals surface area contributed by atoms with Crippen LogP contribution in [0.25, 0.3) is 0 Å². The van der Waals surface area contributed by atoms with E-state index in [1.54, 1.807) is 0 Å². The topological polar surface area (TPSA) is 38.8 Å². The van der Waals surface area contributed by atoms with E-state index < -0.39 is 0 Å². The summed E-state index contributed by atoms with van der Waals surface area (Å²) in [6.45, 7) is 5.57. The Balaban J connectivity index is 1.30. The fraction of sp³-hybridized carbons (Fsp3) is 0.409. The fourth-order valence-electron chi connectivity index (χ4n) is 3.92. The second-order valence-corrected chi connectivity index (χ2v) is 7.33. The Morgan fingerprint density at radius 3 is 1.81 bits per heavy atom. The lowest BCUT2D eigenvalue weighted by molar-refractivity contribution is 0.208. The number of rotatable bonds is 3. The number of carbonyl (C=O) groups excluding carboxylic acids is 1. The number of urea groups is 1. The second kappa shape index (κ2) is 8.33. The predicted molar refractivity (Wildman–Crippen MR) is 112 cm³/mol. The number of piperazine rings is 1. The standard InChI is InChI=1S/C22H28N4O/c27-22(23-19-7-3-1-4-8-19)26-17-15-25(16-18-26)21-11-9-20(10-12-21)24-13-5-2-6-14-24/h1,3-4,7-12H,2,5-6,13-18H2,(H,23,27). The number of nitrogens with zero attached hydrogens (tertiary/aromatic N) is 3. The minimum atomic E-state index is -0.0127. The number of carbonyl (C=O) groups is 1. The van der Waals surface area contributed by atoms with Crippen LogP contribution in [0.2, 0.25) is 0 Å². The number of anilines is 3. The number of benzene rings is 2. The van der Waals surface area contributed by atoms with Crippen LogP contribution < -0.4 is 15.1 Å². The molecule has 2 heterocycles. The molecular weight excluding hydrogens is 336 g/mol. The maximum atomic E-state index is 12.4. The fourth-order valence-corrected chi connectivity index (χ4v) is 3.92. The van der Waals surface area contributed by atoms with Gasteiger partial charge >= 0.3 is 6.03 Å². The third kappa shape index (κ3) is 4.35. The molecule has 2 aliphatic heterocycles. The minimum absolute atomic E-state index is 0.0127. The van der Waals surface area contributed by atoms with Crippen molar-refractivity contribution in [3.63, 3.8) is 0 Å². The first-order chi connectivity index (χ1) is 13.3. The van der Waals surface area contributed by atoms with Gasteiger partial charge in [0.25, 0.3) is 0 Å². The Bertz CT molecular complexity index is 733. The van der Waals surface area contributed by atoms with Crippen LogP contribution in [0.4, 0.5) is 21.9 Å². The summed E-state index contributed by atoms with van der Waals surface area (Å²) in [5.41, 5.74) is 3.43. The van der Waals surface area contributed by atoms with E-state index in [4.69, 9.17) is 0 Å². The summed E-state index contributed by atoms with van der Waals surface area (Å²) in [6.07, 6.45) is 3.96. The smallest absolute Gasteiger partial charge is 0.321 e. The number of hydrogen-bond acceptors (Lipinski definition) is 3. The van der Waals surface area contributed by atoms with Crippen molar-refractivity contribution in [2.45, 2.75) is 19.3 Å². The molecular formula is C22H28N4O. The Kier molecular flexibility index (Phi) is 5.47. The van der Waals surface area contributed by atoms with Crippen LogP contribution in [0.1, 0.15) is 19.3 Å². The highest BCUT2D eigenvalue weighted by Crippen LogP contribution is 2.24. The summed E-state index contributed by atoms with van der Waals surface area (Å²) in [5, 5.41) is 2.97. The van der Waals surface area contributed by atoms with E-state index in [1.807, 2.05) is 35.2 Å². The van der Waals surface area contributed by atoms with Crippen LogP contribution in [0, 0.1) is 0 Å². The van der Waals surface area contributed by atoms with Crippen molar-refractivity contribution in [2.75, 3.05) is 54.4 Å². The van der Waals surface area contributed by atoms with Crippen molar-refractivity contribution < 1.29 is 4.79 Å². The van der Waals surface area contributed by atoms with Gasteiger partial charge in [-0.25, -0.2) is 4.79 Å². The average molecular weight is 364 g/mol. The predicted octanol–water partition coefficient (Wildman–Crippen LogP) is 4.03. The Labute approximate surface area is 161 Å². The maximum Gasteiger partial charge on any atom is 0.321 e. The highest BCUT2D eigenvalue weighted by Gasteiger charge is 2.21. The number of para-hydroxylation sites is 1. The summed E-state index contributed by atoms with van der Waals surface area (Å²) in [7, 11) is 0. The SMILES string of the molecule is O=C(Nc1ccccc1)N1CCN(c2ccc(N3CCCCC3)cc2)CC1. The third-order valence-corrected chi connectivity index (χ3v) is 5.53. The Morgan fingerprint density at radius 2 is 1.22 bits per heavy atom. The van der Waals surface area contributed by atoms with Crippen molar-refractivity contribution in [3.8, 4) is 0 Å². The van der Waals surface area contributed by atoms with E-state index in [0.717, 1.165) is 31.9 Å². The largest absolute Gasteiger partial charge is 0.372 e. The summed E-state index contributed by atoms with van der Waals surface area (Å²) in [5.74, 6) is 0. The van der Waals surface area contributed by atoms with Gasteiger partial charge in [0.2, 0.25) is 0 Å². The van der Waals surface area contributed by atoms with Crippen LogP contribution in [0.5, 0.6) is 0 Å². The molecule has 0 spiro atoms. The van der Waals surface area contributed by atoms with Crippen molar-refractivity contribution >= 4 is 23.1 Å². The maximum absolute atomic E-state index is 12.4. The zero-order valence-electron chi connectivity index (χ0n) is 15.8. The van der Waals surface area contributed by atoms with Gasteiger partial charge in [0, 0.05) is 56.3 Å². The number of piperidine rings is 1. The number of hydrogen-bond donors (Lipinski definition) is 1. The molecule has 0 bridgehead atoms. The van der Waals surface area contributed by atoms with Crippen LogP contribution in [-0.2, 0) is 0 Å². The molecule has 0 atom stereocenters. The molecule has 0 aliphatic carbocycles. The van der Waals surface area contributed by atoms with Crippen LogP contribution >= 0.6 is 0 Å². The van der Waals surface area contributed by atoms with Gasteiger partial charge in [-0.3, -0.25) is 0 Å². The molecule has 0 saturated carbocycles. The number of amides is 2. The second-order valence-electron chi connectivity index (χ2n) is 7.33. The lowest BCUT2D eigenvalue weighted by atomic mass is 10.1. The highest BCUT2D eigenvalue weighted by molar-refractivity contribution is 5.89. The molecule has 5 heteroatoms. The third-order valence-electron chi connectivity index (χ3n) is 5.53. The summed E-state index contributed by atoms with van der Waals surface area (Å²) in [4.78, 5) is 19.2. The molecule has 4 rings (SSSR count). The first-order valence-corrected chi connectivity index (χ1v) is 10.0. The molecule has 2 aromatic carbocycles. The van der Waals surface area contributed by atoms with E-state index in [9.17, 15) is 4.79 Å². The summed E-state index contributed by atoms with van der Waals surface area (Å²) >= 11 is 0. The monoisotopic (exact) mass is 364 g/mol. The van der Waals surface area contributed by atoms with Gasteiger partial charge in [0.05, 0.1) is 0 Å². The van der Waals surface area contributed by atoms with Crippen LogP contribution in [-0.4, -0.2) is 50.2 Å². The van der Waals surface area contributed by atoms with Gasteiger partial charge in [-0.1, -0.05) is 18.2 Å². The molecule has 2 fully saturated rings. The molecule has 1 N–H and O–H groups in total. The Hall–Kier alpha value is -2.69. The molecule has 0 unspecified atom stereocenters. The zero-order chi connectivity index (χ0) is 18.5. The van der Waals surface area contributed by atoms with Crippen molar-refractivity contribution in [1.29, 1.82) is 0 Å². The molecule has 2 amide bonds. The molecule has 2 aliphatic rings. The van der Waals surface area contributed by atoms with Gasteiger partial charge in [-0.15, -0.1) is 0 Å². The van der Waals surface area contributed by atoms with Crippen molar-refractivity contribution in [2.24, 2.45) is 0 Å². The first kappa shape index (κ1) is 17.7. The zero-order valence-corrected chi connectivity index (χ0v) is 15.8. The quantitative estimate of drug-likeness (QED) is 0.894. The molecule has 0 radical (unpaired) electrons. The minimum Gasteiger partial charge on any atom is -0.372 e. The Morgan fingerprint density at radius 1 is 0.667 bits per heavy atom. The summed E-state index contributed by atoms with van der Waals surface area (Å²) < 4.78 is 0. The average Bonchev–Trinajstić information content (AvgIpc) is 2.75. The molecule has 142 valence electrons. The first-order valence-electron chi connectivity index (χ1n) is 10.0. The van der Waals surface area contributed by atoms with E-state index >= 15 is 0 Å². The molecule has 0 aromatic heterocycles. The van der Waals surface area contributed by atoms with Crippen molar-refractivity contribution in [3.05, 3.63) is 54.6 Å². The van der Waals surface area contributed by atoms with E-state index in [-0.39, 0.29) is 6.03 Å². The van der Waals surface area contributed by atoms with E-state index in [2.05, 4.69) is 39.4 Å². The van der Waals surface area contributed by atoms with Gasteiger partial charge in [0.1, 0.15) is 0 Å². The van der Waals surface area contributed by atoms with Crippen LogP contribution in [0.3, 0.4) is 0 Å². The van der Waals surface area contributed by atoms with Crippen LogP contribution in [0.15, 0.2) is 54.6 Å².